The summed E-state index contributed by atoms with van der Waals surface area (Å²) in [6.07, 6.45) is 1.16. The lowest BCUT2D eigenvalue weighted by Gasteiger charge is -2.18. The van der Waals surface area contributed by atoms with E-state index in [-0.39, 0.29) is 0 Å². The van der Waals surface area contributed by atoms with E-state index in [9.17, 15) is 0 Å². The average Bonchev–Trinajstić information content (AvgIpc) is 3.00. The van der Waals surface area contributed by atoms with Crippen molar-refractivity contribution in [3.05, 3.63) is 59.2 Å². The van der Waals surface area contributed by atoms with Crippen LogP contribution in [-0.2, 0) is 18.0 Å². The Morgan fingerprint density at radius 3 is 2.76 bits per heavy atom. The summed E-state index contributed by atoms with van der Waals surface area (Å²) in [5, 5.41) is 3.59. The quantitative estimate of drug-likeness (QED) is 0.874. The fraction of sp³-hybridized carbons (Fsp3) is 0.368. The van der Waals surface area contributed by atoms with Gasteiger partial charge < -0.3 is 10.1 Å². The Balaban J connectivity index is 1.95. The van der Waals surface area contributed by atoms with Crippen molar-refractivity contribution in [1.29, 1.82) is 0 Å². The van der Waals surface area contributed by atoms with Crippen LogP contribution in [0.2, 0.25) is 0 Å². The molecule has 2 heteroatoms. The summed E-state index contributed by atoms with van der Waals surface area (Å²) in [4.78, 5) is 0. The number of nitrogens with one attached hydrogen (secondary N) is 1. The Labute approximate surface area is 127 Å². The predicted molar refractivity (Wildman–Crippen MR) is 87.1 cm³/mol. The lowest BCUT2D eigenvalue weighted by Crippen LogP contribution is -2.19. The highest BCUT2D eigenvalue weighted by Crippen LogP contribution is 2.31. The van der Waals surface area contributed by atoms with Crippen LogP contribution >= 0.6 is 0 Å². The zero-order chi connectivity index (χ0) is 14.7. The molecule has 0 amide bonds. The van der Waals surface area contributed by atoms with Gasteiger partial charge in [-0.1, -0.05) is 43.3 Å². The van der Waals surface area contributed by atoms with E-state index in [1.807, 2.05) is 0 Å². The lowest BCUT2D eigenvalue weighted by molar-refractivity contribution is 0.134. The molecule has 0 bridgehead atoms. The highest BCUT2D eigenvalue weighted by atomic mass is 16.5. The van der Waals surface area contributed by atoms with Crippen molar-refractivity contribution in [1.82, 2.24) is 5.32 Å². The summed E-state index contributed by atoms with van der Waals surface area (Å²) in [7, 11) is 0. The first-order valence-corrected chi connectivity index (χ1v) is 7.82. The number of fused-ring (bicyclic) bond motifs is 1. The monoisotopic (exact) mass is 281 g/mol. The Bertz CT molecular complexity index is 621. The van der Waals surface area contributed by atoms with E-state index in [1.165, 1.54) is 27.8 Å². The molecule has 0 fully saturated rings. The first-order chi connectivity index (χ1) is 10.3. The minimum absolute atomic E-state index is 0.366. The van der Waals surface area contributed by atoms with Crippen LogP contribution in [0.3, 0.4) is 0 Å². The van der Waals surface area contributed by atoms with Gasteiger partial charge in [-0.2, -0.15) is 0 Å². The van der Waals surface area contributed by atoms with Crippen molar-refractivity contribution >= 4 is 0 Å². The van der Waals surface area contributed by atoms with Gasteiger partial charge in [0.1, 0.15) is 0 Å². The second kappa shape index (κ2) is 6.42. The van der Waals surface area contributed by atoms with Gasteiger partial charge in [-0.15, -0.1) is 0 Å². The van der Waals surface area contributed by atoms with Crippen LogP contribution < -0.4 is 5.32 Å². The molecule has 1 aliphatic heterocycles. The minimum Gasteiger partial charge on any atom is -0.372 e. The summed E-state index contributed by atoms with van der Waals surface area (Å²) in [5.41, 5.74) is 6.64. The SMILES string of the molecule is CCCNC(C)c1ccccc1-c1ccc2c(c1)COC2. The molecule has 0 aromatic heterocycles. The van der Waals surface area contributed by atoms with Gasteiger partial charge in [0.25, 0.3) is 0 Å². The maximum atomic E-state index is 5.52. The van der Waals surface area contributed by atoms with Gasteiger partial charge in [0, 0.05) is 6.04 Å². The molecule has 1 atom stereocenters. The molecule has 0 aliphatic carbocycles. The molecule has 21 heavy (non-hydrogen) atoms. The molecule has 110 valence electrons. The molecule has 1 unspecified atom stereocenters. The maximum Gasteiger partial charge on any atom is 0.0725 e. The molecule has 0 spiro atoms. The normalized spacial score (nSPS) is 15.0. The fourth-order valence-corrected chi connectivity index (χ4v) is 2.95. The fourth-order valence-electron chi connectivity index (χ4n) is 2.95. The smallest absolute Gasteiger partial charge is 0.0725 e. The van der Waals surface area contributed by atoms with E-state index >= 15 is 0 Å². The van der Waals surface area contributed by atoms with E-state index in [2.05, 4.69) is 61.6 Å². The largest absolute Gasteiger partial charge is 0.372 e. The zero-order valence-corrected chi connectivity index (χ0v) is 12.9. The molecule has 1 N–H and O–H groups in total. The standard InChI is InChI=1S/C19H23NO/c1-3-10-20-14(2)18-6-4-5-7-19(18)15-8-9-16-12-21-13-17(16)11-15/h4-9,11,14,20H,3,10,12-13H2,1-2H3. The number of hydrogen-bond donors (Lipinski definition) is 1. The van der Waals surface area contributed by atoms with E-state index in [1.54, 1.807) is 0 Å². The van der Waals surface area contributed by atoms with Gasteiger partial charge in [-0.25, -0.2) is 0 Å². The van der Waals surface area contributed by atoms with Crippen molar-refractivity contribution in [3.8, 4) is 11.1 Å². The Morgan fingerprint density at radius 1 is 1.10 bits per heavy atom. The van der Waals surface area contributed by atoms with Crippen LogP contribution in [0.1, 0.15) is 43.0 Å². The van der Waals surface area contributed by atoms with Crippen molar-refractivity contribution in [2.24, 2.45) is 0 Å². The minimum atomic E-state index is 0.366. The molecule has 0 radical (unpaired) electrons. The third-order valence-corrected chi connectivity index (χ3v) is 4.16. The molecule has 2 aromatic carbocycles. The molecule has 0 saturated carbocycles. The molecule has 0 saturated heterocycles. The average molecular weight is 281 g/mol. The van der Waals surface area contributed by atoms with E-state index in [0.29, 0.717) is 6.04 Å². The highest BCUT2D eigenvalue weighted by molar-refractivity contribution is 5.69. The second-order valence-corrected chi connectivity index (χ2v) is 5.74. The molecule has 1 aliphatic rings. The van der Waals surface area contributed by atoms with Crippen LogP contribution in [0.25, 0.3) is 11.1 Å². The lowest BCUT2D eigenvalue weighted by atomic mass is 9.93. The van der Waals surface area contributed by atoms with Gasteiger partial charge in [0.05, 0.1) is 13.2 Å². The van der Waals surface area contributed by atoms with E-state index in [0.717, 1.165) is 26.2 Å². The van der Waals surface area contributed by atoms with Crippen LogP contribution in [0.4, 0.5) is 0 Å². The van der Waals surface area contributed by atoms with Crippen molar-refractivity contribution < 1.29 is 4.74 Å². The molecular weight excluding hydrogens is 258 g/mol. The topological polar surface area (TPSA) is 21.3 Å². The molecule has 3 rings (SSSR count). The van der Waals surface area contributed by atoms with Crippen LogP contribution in [0.15, 0.2) is 42.5 Å². The van der Waals surface area contributed by atoms with E-state index in [4.69, 9.17) is 4.74 Å². The molecule has 2 nitrogen and oxygen atoms in total. The van der Waals surface area contributed by atoms with Crippen molar-refractivity contribution in [2.75, 3.05) is 6.54 Å². The Kier molecular flexibility index (Phi) is 4.37. The van der Waals surface area contributed by atoms with Gasteiger partial charge in [-0.05, 0) is 53.8 Å². The van der Waals surface area contributed by atoms with Gasteiger partial charge >= 0.3 is 0 Å². The van der Waals surface area contributed by atoms with Gasteiger partial charge in [-0.3, -0.25) is 0 Å². The third-order valence-electron chi connectivity index (χ3n) is 4.16. The molecular formula is C19H23NO. The summed E-state index contributed by atoms with van der Waals surface area (Å²) < 4.78 is 5.52. The molecule has 2 aromatic rings. The predicted octanol–water partition coefficient (Wildman–Crippen LogP) is 4.44. The molecule has 1 heterocycles. The van der Waals surface area contributed by atoms with Crippen LogP contribution in [-0.4, -0.2) is 6.54 Å². The van der Waals surface area contributed by atoms with Crippen LogP contribution in [0, 0.1) is 0 Å². The van der Waals surface area contributed by atoms with E-state index < -0.39 is 0 Å². The van der Waals surface area contributed by atoms with Crippen molar-refractivity contribution in [3.63, 3.8) is 0 Å². The van der Waals surface area contributed by atoms with Crippen molar-refractivity contribution in [2.45, 2.75) is 39.5 Å². The Hall–Kier alpha value is -1.64. The summed E-state index contributed by atoms with van der Waals surface area (Å²) in [6.45, 7) is 6.99. The number of hydrogen-bond acceptors (Lipinski definition) is 2. The maximum absolute atomic E-state index is 5.52. The van der Waals surface area contributed by atoms with Gasteiger partial charge in [0.2, 0.25) is 0 Å². The second-order valence-electron chi connectivity index (χ2n) is 5.74. The summed E-state index contributed by atoms with van der Waals surface area (Å²) in [5.74, 6) is 0. The Morgan fingerprint density at radius 2 is 1.90 bits per heavy atom. The number of benzene rings is 2. The summed E-state index contributed by atoms with van der Waals surface area (Å²) >= 11 is 0. The van der Waals surface area contributed by atoms with Gasteiger partial charge in [0.15, 0.2) is 0 Å². The highest BCUT2D eigenvalue weighted by Gasteiger charge is 2.15. The number of ether oxygens (including phenoxy) is 1. The first kappa shape index (κ1) is 14.3. The number of rotatable bonds is 5. The van der Waals surface area contributed by atoms with Crippen LogP contribution in [0.5, 0.6) is 0 Å². The summed E-state index contributed by atoms with van der Waals surface area (Å²) in [6, 6.07) is 15.8. The first-order valence-electron chi connectivity index (χ1n) is 7.82. The zero-order valence-electron chi connectivity index (χ0n) is 12.9. The third kappa shape index (κ3) is 3.02.